The Morgan fingerprint density at radius 2 is 2.19 bits per heavy atom. The van der Waals surface area contributed by atoms with Crippen molar-refractivity contribution >= 4 is 27.8 Å². The van der Waals surface area contributed by atoms with E-state index in [-0.39, 0.29) is 18.3 Å². The Bertz CT molecular complexity index is 510. The zero-order chi connectivity index (χ0) is 15.8. The normalized spacial score (nSPS) is 11.8. The highest BCUT2D eigenvalue weighted by molar-refractivity contribution is 9.10. The minimum Gasteiger partial charge on any atom is -0.481 e. The van der Waals surface area contributed by atoms with E-state index in [0.29, 0.717) is 23.9 Å². The van der Waals surface area contributed by atoms with E-state index < -0.39 is 17.7 Å². The van der Waals surface area contributed by atoms with Gasteiger partial charge in [0, 0.05) is 11.0 Å². The summed E-state index contributed by atoms with van der Waals surface area (Å²) in [5.41, 5.74) is 0. The molecule has 0 saturated heterocycles. The molecule has 0 heterocycles. The monoisotopic (exact) mass is 361 g/mol. The van der Waals surface area contributed by atoms with Gasteiger partial charge >= 0.3 is 5.97 Å². The summed E-state index contributed by atoms with van der Waals surface area (Å²) in [6, 6.07) is 4.30. The van der Waals surface area contributed by atoms with Crippen LogP contribution >= 0.6 is 15.9 Å². The molecule has 0 aliphatic carbocycles. The molecule has 5 nitrogen and oxygen atoms in total. The zero-order valence-electron chi connectivity index (χ0n) is 11.6. The Labute approximate surface area is 130 Å². The van der Waals surface area contributed by atoms with Gasteiger partial charge in [0.1, 0.15) is 0 Å². The van der Waals surface area contributed by atoms with E-state index in [4.69, 9.17) is 9.84 Å². The highest BCUT2D eigenvalue weighted by atomic mass is 79.9. The van der Waals surface area contributed by atoms with Gasteiger partial charge in [-0.1, -0.05) is 22.9 Å². The van der Waals surface area contributed by atoms with Crippen LogP contribution < -0.4 is 10.1 Å². The van der Waals surface area contributed by atoms with Crippen molar-refractivity contribution in [2.24, 2.45) is 5.92 Å². The van der Waals surface area contributed by atoms with Gasteiger partial charge in [0.25, 0.3) is 5.91 Å². The lowest BCUT2D eigenvalue weighted by Gasteiger charge is -2.09. The fourth-order valence-electron chi connectivity index (χ4n) is 1.55. The number of benzene rings is 1. The van der Waals surface area contributed by atoms with Gasteiger partial charge in [-0.3, -0.25) is 9.59 Å². The summed E-state index contributed by atoms with van der Waals surface area (Å²) >= 11 is 3.12. The van der Waals surface area contributed by atoms with Crippen LogP contribution in [0.15, 0.2) is 22.7 Å². The van der Waals surface area contributed by atoms with Gasteiger partial charge in [0.2, 0.25) is 0 Å². The van der Waals surface area contributed by atoms with Crippen LogP contribution in [0.25, 0.3) is 0 Å². The minimum atomic E-state index is -0.852. The van der Waals surface area contributed by atoms with Crippen molar-refractivity contribution < 1.29 is 23.8 Å². The third-order valence-corrected chi connectivity index (χ3v) is 3.30. The number of halogens is 2. The van der Waals surface area contributed by atoms with Gasteiger partial charge in [-0.25, -0.2) is 4.39 Å². The lowest BCUT2D eigenvalue weighted by molar-refractivity contribution is -0.141. The van der Waals surface area contributed by atoms with Crippen molar-refractivity contribution in [1.29, 1.82) is 0 Å². The molecule has 0 radical (unpaired) electrons. The molecule has 1 unspecified atom stereocenters. The molecular weight excluding hydrogens is 345 g/mol. The topological polar surface area (TPSA) is 75.6 Å². The number of amides is 1. The summed E-state index contributed by atoms with van der Waals surface area (Å²) in [5.74, 6) is -2.20. The molecule has 116 valence electrons. The van der Waals surface area contributed by atoms with E-state index in [2.05, 4.69) is 21.2 Å². The van der Waals surface area contributed by atoms with Crippen LogP contribution in [-0.2, 0) is 9.59 Å². The largest absolute Gasteiger partial charge is 0.481 e. The molecule has 0 aliphatic rings. The van der Waals surface area contributed by atoms with E-state index in [9.17, 15) is 14.0 Å². The molecular formula is C14H17BrFNO4. The van der Waals surface area contributed by atoms with Crippen molar-refractivity contribution in [2.45, 2.75) is 19.8 Å². The molecule has 1 amide bonds. The fourth-order valence-corrected chi connectivity index (χ4v) is 1.88. The molecule has 1 atom stereocenters. The van der Waals surface area contributed by atoms with Crippen molar-refractivity contribution in [3.8, 4) is 5.75 Å². The third-order valence-electron chi connectivity index (χ3n) is 2.81. The third kappa shape index (κ3) is 6.57. The lowest BCUT2D eigenvalue weighted by atomic mass is 10.1. The van der Waals surface area contributed by atoms with Crippen LogP contribution in [0.1, 0.15) is 19.8 Å². The number of nitrogens with one attached hydrogen (secondary N) is 1. The molecule has 7 heteroatoms. The molecule has 0 fully saturated rings. The second-order valence-corrected chi connectivity index (χ2v) is 5.51. The number of carboxylic acid groups (broad SMARTS) is 1. The standard InChI is InChI=1S/C14H17BrFNO4/c1-9(14(19)20)3-2-6-17-13(18)8-21-12-5-4-10(15)7-11(12)16/h4-5,7,9H,2-3,6,8H2,1H3,(H,17,18)(H,19,20). The SMILES string of the molecule is CC(CCCNC(=O)COc1ccc(Br)cc1F)C(=O)O. The van der Waals surface area contributed by atoms with Crippen LogP contribution in [0.2, 0.25) is 0 Å². The average molecular weight is 362 g/mol. The molecule has 2 N–H and O–H groups in total. The number of ether oxygens (including phenoxy) is 1. The summed E-state index contributed by atoms with van der Waals surface area (Å²) in [7, 11) is 0. The van der Waals surface area contributed by atoms with Crippen LogP contribution in [0.5, 0.6) is 5.75 Å². The summed E-state index contributed by atoms with van der Waals surface area (Å²) in [5, 5.41) is 11.3. The smallest absolute Gasteiger partial charge is 0.306 e. The first kappa shape index (κ1) is 17.4. The molecule has 0 aromatic heterocycles. The second kappa shape index (κ2) is 8.61. The van der Waals surface area contributed by atoms with Crippen LogP contribution in [0.4, 0.5) is 4.39 Å². The van der Waals surface area contributed by atoms with Crippen LogP contribution in [0, 0.1) is 11.7 Å². The highest BCUT2D eigenvalue weighted by Crippen LogP contribution is 2.21. The lowest BCUT2D eigenvalue weighted by Crippen LogP contribution is -2.30. The Hall–Kier alpha value is -1.63. The zero-order valence-corrected chi connectivity index (χ0v) is 13.2. The van der Waals surface area contributed by atoms with Crippen LogP contribution in [0.3, 0.4) is 0 Å². The first-order valence-electron chi connectivity index (χ1n) is 6.47. The van der Waals surface area contributed by atoms with E-state index in [1.54, 1.807) is 13.0 Å². The summed E-state index contributed by atoms with van der Waals surface area (Å²) in [4.78, 5) is 22.1. The Morgan fingerprint density at radius 1 is 1.48 bits per heavy atom. The first-order chi connectivity index (χ1) is 9.90. The van der Waals surface area contributed by atoms with Crippen molar-refractivity contribution in [2.75, 3.05) is 13.2 Å². The van der Waals surface area contributed by atoms with E-state index in [1.807, 2.05) is 0 Å². The van der Waals surface area contributed by atoms with Crippen LogP contribution in [-0.4, -0.2) is 30.1 Å². The maximum atomic E-state index is 13.4. The fraction of sp³-hybridized carbons (Fsp3) is 0.429. The quantitative estimate of drug-likeness (QED) is 0.697. The predicted octanol–water partition coefficient (Wildman–Crippen LogP) is 2.58. The van der Waals surface area contributed by atoms with E-state index >= 15 is 0 Å². The minimum absolute atomic E-state index is 0.00727. The summed E-state index contributed by atoms with van der Waals surface area (Å²) in [6.45, 7) is 1.69. The molecule has 0 spiro atoms. The number of carbonyl (C=O) groups is 2. The van der Waals surface area contributed by atoms with Crippen molar-refractivity contribution in [1.82, 2.24) is 5.32 Å². The van der Waals surface area contributed by atoms with Gasteiger partial charge < -0.3 is 15.2 Å². The van der Waals surface area contributed by atoms with E-state index in [1.165, 1.54) is 12.1 Å². The number of hydrogen-bond acceptors (Lipinski definition) is 3. The van der Waals surface area contributed by atoms with Gasteiger partial charge in [0.05, 0.1) is 5.92 Å². The number of aliphatic carboxylic acids is 1. The van der Waals surface area contributed by atoms with Crippen molar-refractivity contribution in [3.63, 3.8) is 0 Å². The van der Waals surface area contributed by atoms with Gasteiger partial charge in [-0.05, 0) is 31.0 Å². The van der Waals surface area contributed by atoms with Crippen molar-refractivity contribution in [3.05, 3.63) is 28.5 Å². The maximum Gasteiger partial charge on any atom is 0.306 e. The maximum absolute atomic E-state index is 13.4. The number of hydrogen-bond donors (Lipinski definition) is 2. The Kier molecular flexibility index (Phi) is 7.14. The molecule has 0 aliphatic heterocycles. The number of carboxylic acids is 1. The molecule has 0 bridgehead atoms. The van der Waals surface area contributed by atoms with Gasteiger partial charge in [-0.15, -0.1) is 0 Å². The molecule has 0 saturated carbocycles. The second-order valence-electron chi connectivity index (χ2n) is 4.59. The first-order valence-corrected chi connectivity index (χ1v) is 7.27. The average Bonchev–Trinajstić information content (AvgIpc) is 2.42. The molecule has 1 aromatic carbocycles. The summed E-state index contributed by atoms with van der Waals surface area (Å²) in [6.07, 6.45) is 1.05. The summed E-state index contributed by atoms with van der Waals surface area (Å²) < 4.78 is 19.1. The van der Waals surface area contributed by atoms with Gasteiger partial charge in [0.15, 0.2) is 18.2 Å². The predicted molar refractivity (Wildman–Crippen MR) is 78.6 cm³/mol. The molecule has 1 aromatic rings. The Morgan fingerprint density at radius 3 is 2.81 bits per heavy atom. The highest BCUT2D eigenvalue weighted by Gasteiger charge is 2.11. The molecule has 1 rings (SSSR count). The van der Waals surface area contributed by atoms with Gasteiger partial charge in [-0.2, -0.15) is 0 Å². The molecule has 21 heavy (non-hydrogen) atoms. The number of rotatable bonds is 8. The number of carbonyl (C=O) groups excluding carboxylic acids is 1. The Balaban J connectivity index is 2.24. The van der Waals surface area contributed by atoms with E-state index in [0.717, 1.165) is 0 Å².